The maximum atomic E-state index is 6.64. The highest BCUT2D eigenvalue weighted by Crippen LogP contribution is 2.34. The number of nitrogens with zero attached hydrogens (tertiary/aromatic N) is 4. The van der Waals surface area contributed by atoms with Crippen molar-refractivity contribution in [3.8, 4) is 0 Å². The fraction of sp³-hybridized carbons (Fsp3) is 0.308. The minimum atomic E-state index is 0.832. The van der Waals surface area contributed by atoms with Crippen molar-refractivity contribution in [3.63, 3.8) is 0 Å². The van der Waals surface area contributed by atoms with Crippen molar-refractivity contribution in [2.45, 2.75) is 25.7 Å². The van der Waals surface area contributed by atoms with Gasteiger partial charge in [-0.05, 0) is 59.1 Å². The second kappa shape index (κ2) is 9.51. The molecule has 32 heavy (non-hydrogen) atoms. The third-order valence-electron chi connectivity index (χ3n) is 6.39. The molecule has 1 heterocycles. The Labute approximate surface area is 199 Å². The maximum Gasteiger partial charge on any atom is 0.0553 e. The van der Waals surface area contributed by atoms with Crippen LogP contribution in [0.4, 0.5) is 0 Å². The third kappa shape index (κ3) is 4.48. The fourth-order valence-electron chi connectivity index (χ4n) is 4.47. The van der Waals surface area contributed by atoms with Gasteiger partial charge >= 0.3 is 0 Å². The average Bonchev–Trinajstić information content (AvgIpc) is 2.84. The SMILES string of the molecule is ClC1=C(/C=N\N2CCN(/N=C/C3=C(Cl)c4ccccc4CC3)CC2)CCc2ccccc21. The average molecular weight is 465 g/mol. The molecule has 0 amide bonds. The molecule has 0 N–H and O–H groups in total. The van der Waals surface area contributed by atoms with Crippen LogP contribution in [0.25, 0.3) is 10.1 Å². The van der Waals surface area contributed by atoms with Gasteiger partial charge in [0.15, 0.2) is 0 Å². The standard InChI is InChI=1S/C26H26Cl2N4/c27-25-21(11-9-19-5-1-3-7-23(19)25)17-29-31-13-15-32(16-14-31)30-18-22-12-10-20-6-2-4-8-24(20)26(22)28/h1-8,17-18H,9-16H2/b29-17-,30-18+. The smallest absolute Gasteiger partial charge is 0.0553 e. The van der Waals surface area contributed by atoms with Gasteiger partial charge in [-0.15, -0.1) is 0 Å². The molecule has 4 nitrogen and oxygen atoms in total. The summed E-state index contributed by atoms with van der Waals surface area (Å²) in [5.74, 6) is 0. The number of allylic oxidation sites excluding steroid dienone is 2. The number of hydrazone groups is 2. The van der Waals surface area contributed by atoms with Crippen molar-refractivity contribution < 1.29 is 0 Å². The van der Waals surface area contributed by atoms with Crippen molar-refractivity contribution >= 4 is 45.7 Å². The van der Waals surface area contributed by atoms with E-state index in [1.54, 1.807) is 0 Å². The van der Waals surface area contributed by atoms with E-state index in [0.717, 1.165) is 84.2 Å². The van der Waals surface area contributed by atoms with Gasteiger partial charge in [0.25, 0.3) is 0 Å². The first-order valence-corrected chi connectivity index (χ1v) is 12.0. The lowest BCUT2D eigenvalue weighted by Crippen LogP contribution is -2.41. The summed E-state index contributed by atoms with van der Waals surface area (Å²) in [6.45, 7) is 3.35. The van der Waals surface area contributed by atoms with Crippen molar-refractivity contribution in [3.05, 3.63) is 81.9 Å². The molecule has 1 saturated heterocycles. The van der Waals surface area contributed by atoms with E-state index in [9.17, 15) is 0 Å². The molecule has 0 unspecified atom stereocenters. The highest BCUT2D eigenvalue weighted by molar-refractivity contribution is 6.51. The van der Waals surface area contributed by atoms with E-state index in [-0.39, 0.29) is 0 Å². The number of fused-ring (bicyclic) bond motifs is 2. The first kappa shape index (κ1) is 21.3. The summed E-state index contributed by atoms with van der Waals surface area (Å²) < 4.78 is 0. The second-order valence-electron chi connectivity index (χ2n) is 8.39. The molecule has 2 aliphatic carbocycles. The van der Waals surface area contributed by atoms with Gasteiger partial charge in [0.1, 0.15) is 0 Å². The number of hydrogen-bond acceptors (Lipinski definition) is 4. The molecule has 3 aliphatic rings. The summed E-state index contributed by atoms with van der Waals surface area (Å²) in [5, 5.41) is 15.3. The molecule has 5 rings (SSSR count). The molecule has 6 heteroatoms. The van der Waals surface area contributed by atoms with Gasteiger partial charge in [-0.25, -0.2) is 0 Å². The highest BCUT2D eigenvalue weighted by Gasteiger charge is 2.19. The third-order valence-corrected chi connectivity index (χ3v) is 7.28. The highest BCUT2D eigenvalue weighted by atomic mass is 35.5. The first-order chi connectivity index (χ1) is 15.7. The minimum Gasteiger partial charge on any atom is -0.293 e. The molecule has 164 valence electrons. The van der Waals surface area contributed by atoms with Crippen LogP contribution in [0, 0.1) is 0 Å². The van der Waals surface area contributed by atoms with Crippen LogP contribution in [0.1, 0.15) is 35.1 Å². The lowest BCUT2D eigenvalue weighted by molar-refractivity contribution is 0.141. The molecule has 0 saturated carbocycles. The molecule has 0 atom stereocenters. The molecule has 1 fully saturated rings. The van der Waals surface area contributed by atoms with E-state index in [4.69, 9.17) is 33.4 Å². The summed E-state index contributed by atoms with van der Waals surface area (Å²) in [5.41, 5.74) is 7.14. The largest absolute Gasteiger partial charge is 0.293 e. The Hall–Kier alpha value is -2.56. The summed E-state index contributed by atoms with van der Waals surface area (Å²) in [4.78, 5) is 0. The maximum absolute atomic E-state index is 6.64. The molecule has 0 radical (unpaired) electrons. The molecule has 2 aromatic carbocycles. The zero-order valence-corrected chi connectivity index (χ0v) is 19.5. The van der Waals surface area contributed by atoms with E-state index >= 15 is 0 Å². The van der Waals surface area contributed by atoms with Crippen LogP contribution in [0.5, 0.6) is 0 Å². The molecular formula is C26H26Cl2N4. The van der Waals surface area contributed by atoms with E-state index < -0.39 is 0 Å². The van der Waals surface area contributed by atoms with E-state index in [1.165, 1.54) is 11.1 Å². The van der Waals surface area contributed by atoms with E-state index in [0.29, 0.717) is 0 Å². The Bertz CT molecular complexity index is 1030. The van der Waals surface area contributed by atoms with Crippen LogP contribution in [-0.2, 0) is 12.8 Å². The number of hydrogen-bond donors (Lipinski definition) is 0. The topological polar surface area (TPSA) is 31.2 Å². The normalized spacial score (nSPS) is 19.2. The van der Waals surface area contributed by atoms with Gasteiger partial charge in [0.05, 0.1) is 48.7 Å². The Balaban J connectivity index is 1.18. The van der Waals surface area contributed by atoms with Crippen LogP contribution in [0.2, 0.25) is 0 Å². The van der Waals surface area contributed by atoms with Crippen molar-refractivity contribution in [2.24, 2.45) is 10.2 Å². The van der Waals surface area contributed by atoms with Crippen LogP contribution in [-0.4, -0.2) is 48.6 Å². The fourth-order valence-corrected chi connectivity index (χ4v) is 5.13. The van der Waals surface area contributed by atoms with Gasteiger partial charge in [0, 0.05) is 0 Å². The van der Waals surface area contributed by atoms with Gasteiger partial charge in [-0.2, -0.15) is 10.2 Å². The van der Waals surface area contributed by atoms with Crippen molar-refractivity contribution in [1.82, 2.24) is 10.0 Å². The molecule has 1 aliphatic heterocycles. The van der Waals surface area contributed by atoms with Gasteiger partial charge in [-0.1, -0.05) is 71.7 Å². The van der Waals surface area contributed by atoms with Gasteiger partial charge in [0.2, 0.25) is 0 Å². The Morgan fingerprint density at radius 1 is 0.594 bits per heavy atom. The van der Waals surface area contributed by atoms with Crippen LogP contribution in [0.3, 0.4) is 0 Å². The van der Waals surface area contributed by atoms with Gasteiger partial charge < -0.3 is 0 Å². The predicted molar refractivity (Wildman–Crippen MR) is 135 cm³/mol. The lowest BCUT2D eigenvalue weighted by atomic mass is 9.92. The summed E-state index contributed by atoms with van der Waals surface area (Å²) in [6, 6.07) is 16.7. The zero-order chi connectivity index (χ0) is 21.9. The van der Waals surface area contributed by atoms with Crippen LogP contribution < -0.4 is 0 Å². The number of benzene rings is 2. The predicted octanol–water partition coefficient (Wildman–Crippen LogP) is 5.77. The number of piperazine rings is 1. The number of halogens is 2. The molecule has 0 spiro atoms. The van der Waals surface area contributed by atoms with Crippen molar-refractivity contribution in [1.29, 1.82) is 0 Å². The first-order valence-electron chi connectivity index (χ1n) is 11.2. The Morgan fingerprint density at radius 3 is 1.44 bits per heavy atom. The van der Waals surface area contributed by atoms with Crippen LogP contribution in [0.15, 0.2) is 69.9 Å². The van der Waals surface area contributed by atoms with E-state index in [1.807, 2.05) is 24.6 Å². The minimum absolute atomic E-state index is 0.832. The van der Waals surface area contributed by atoms with Crippen molar-refractivity contribution in [2.75, 3.05) is 26.2 Å². The summed E-state index contributed by atoms with van der Waals surface area (Å²) >= 11 is 13.3. The summed E-state index contributed by atoms with van der Waals surface area (Å²) in [7, 11) is 0. The number of rotatable bonds is 4. The quantitative estimate of drug-likeness (QED) is 0.537. The zero-order valence-electron chi connectivity index (χ0n) is 18.0. The van der Waals surface area contributed by atoms with Crippen LogP contribution >= 0.6 is 23.2 Å². The molecule has 2 aromatic rings. The van der Waals surface area contributed by atoms with Gasteiger partial charge in [-0.3, -0.25) is 10.0 Å². The second-order valence-corrected chi connectivity index (χ2v) is 9.15. The molecule has 0 bridgehead atoms. The monoisotopic (exact) mass is 464 g/mol. The van der Waals surface area contributed by atoms with E-state index in [2.05, 4.69) is 46.4 Å². The number of aryl methyl sites for hydroxylation is 2. The lowest BCUT2D eigenvalue weighted by Gasteiger charge is -2.31. The molecular weight excluding hydrogens is 439 g/mol. The Morgan fingerprint density at radius 2 is 1.00 bits per heavy atom. The summed E-state index contributed by atoms with van der Waals surface area (Å²) in [6.07, 6.45) is 7.78. The Kier molecular flexibility index (Phi) is 6.33. The molecule has 0 aromatic heterocycles.